The molecule has 170 valence electrons. The Morgan fingerprint density at radius 3 is 2.74 bits per heavy atom. The summed E-state index contributed by atoms with van der Waals surface area (Å²) in [6, 6.07) is 4.52. The van der Waals surface area contributed by atoms with Crippen molar-refractivity contribution in [1.82, 2.24) is 20.9 Å². The summed E-state index contributed by atoms with van der Waals surface area (Å²) in [5.74, 6) is -0.610. The Morgan fingerprint density at radius 1 is 1.26 bits per heavy atom. The van der Waals surface area contributed by atoms with E-state index in [9.17, 15) is 14.4 Å². The van der Waals surface area contributed by atoms with Gasteiger partial charge in [0.2, 0.25) is 17.7 Å². The largest absolute Gasteiger partial charge is 0.347 e. The van der Waals surface area contributed by atoms with E-state index in [2.05, 4.69) is 35.0 Å². The van der Waals surface area contributed by atoms with Gasteiger partial charge in [0.15, 0.2) is 0 Å². The van der Waals surface area contributed by atoms with E-state index in [-0.39, 0.29) is 30.3 Å². The summed E-state index contributed by atoms with van der Waals surface area (Å²) in [4.78, 5) is 40.3. The summed E-state index contributed by atoms with van der Waals surface area (Å²) in [7, 11) is 1.69. The van der Waals surface area contributed by atoms with Crippen LogP contribution in [0.15, 0.2) is 18.2 Å². The van der Waals surface area contributed by atoms with Crippen molar-refractivity contribution in [3.63, 3.8) is 0 Å². The van der Waals surface area contributed by atoms with Crippen LogP contribution >= 0.6 is 0 Å². The molecule has 2 aliphatic rings. The zero-order chi connectivity index (χ0) is 22.5. The molecule has 0 aromatic heterocycles. The molecule has 1 unspecified atom stereocenters. The summed E-state index contributed by atoms with van der Waals surface area (Å²) in [6.45, 7) is 4.61. The van der Waals surface area contributed by atoms with E-state index in [1.807, 2.05) is 6.07 Å². The number of hydrogen-bond donors (Lipinski definition) is 4. The van der Waals surface area contributed by atoms with Gasteiger partial charge in [-0.2, -0.15) is 0 Å². The third-order valence-electron chi connectivity index (χ3n) is 6.56. The molecule has 4 atom stereocenters. The minimum atomic E-state index is -0.725. The SMILES string of the molecule is CN[C@H](C)C(=O)N[C@H](CCN)C(=O)N1CCC[C@@H]1C(=O)NC1CCc2c(C)cccc21. The van der Waals surface area contributed by atoms with Crippen molar-refractivity contribution < 1.29 is 14.4 Å². The monoisotopic (exact) mass is 429 g/mol. The Hall–Kier alpha value is -2.45. The molecule has 0 radical (unpaired) electrons. The molecule has 8 heteroatoms. The molecule has 1 aromatic rings. The van der Waals surface area contributed by atoms with Crippen LogP contribution in [0.2, 0.25) is 0 Å². The Morgan fingerprint density at radius 2 is 2.03 bits per heavy atom. The number of rotatable bonds is 8. The van der Waals surface area contributed by atoms with E-state index in [4.69, 9.17) is 5.73 Å². The van der Waals surface area contributed by atoms with Gasteiger partial charge in [-0.05, 0) is 76.2 Å². The van der Waals surface area contributed by atoms with Crippen LogP contribution in [0.4, 0.5) is 0 Å². The van der Waals surface area contributed by atoms with Crippen LogP contribution in [0, 0.1) is 6.92 Å². The number of amides is 3. The van der Waals surface area contributed by atoms with Crippen molar-refractivity contribution in [2.45, 2.75) is 70.1 Å². The first-order valence-electron chi connectivity index (χ1n) is 11.2. The second-order valence-electron chi connectivity index (χ2n) is 8.58. The number of nitrogens with two attached hydrogens (primary N) is 1. The van der Waals surface area contributed by atoms with Gasteiger partial charge in [0.1, 0.15) is 12.1 Å². The number of hydrogen-bond acceptors (Lipinski definition) is 5. The summed E-state index contributed by atoms with van der Waals surface area (Å²) in [5.41, 5.74) is 9.44. The van der Waals surface area contributed by atoms with E-state index < -0.39 is 18.1 Å². The van der Waals surface area contributed by atoms with Crippen LogP contribution in [0.5, 0.6) is 0 Å². The highest BCUT2D eigenvalue weighted by Gasteiger charge is 2.39. The smallest absolute Gasteiger partial charge is 0.245 e. The quantitative estimate of drug-likeness (QED) is 0.481. The van der Waals surface area contributed by atoms with Crippen LogP contribution in [-0.2, 0) is 20.8 Å². The molecular formula is C23H35N5O3. The number of nitrogens with one attached hydrogen (secondary N) is 3. The van der Waals surface area contributed by atoms with Gasteiger partial charge in [-0.25, -0.2) is 0 Å². The highest BCUT2D eigenvalue weighted by Crippen LogP contribution is 2.33. The van der Waals surface area contributed by atoms with Gasteiger partial charge < -0.3 is 26.6 Å². The number of benzene rings is 1. The van der Waals surface area contributed by atoms with Gasteiger partial charge in [0.05, 0.1) is 12.1 Å². The maximum atomic E-state index is 13.2. The average molecular weight is 430 g/mol. The fraction of sp³-hybridized carbons (Fsp3) is 0.609. The van der Waals surface area contributed by atoms with Crippen molar-refractivity contribution in [1.29, 1.82) is 0 Å². The van der Waals surface area contributed by atoms with E-state index >= 15 is 0 Å². The van der Waals surface area contributed by atoms with Gasteiger partial charge in [0, 0.05) is 6.54 Å². The zero-order valence-corrected chi connectivity index (χ0v) is 18.7. The minimum Gasteiger partial charge on any atom is -0.347 e. The topological polar surface area (TPSA) is 117 Å². The first-order chi connectivity index (χ1) is 14.9. The first-order valence-corrected chi connectivity index (χ1v) is 11.2. The Bertz CT molecular complexity index is 827. The number of fused-ring (bicyclic) bond motifs is 1. The number of aryl methyl sites for hydroxylation is 1. The third-order valence-corrected chi connectivity index (χ3v) is 6.56. The molecule has 5 N–H and O–H groups in total. The number of nitrogens with zero attached hydrogens (tertiary/aromatic N) is 1. The van der Waals surface area contributed by atoms with Crippen molar-refractivity contribution in [3.05, 3.63) is 34.9 Å². The zero-order valence-electron chi connectivity index (χ0n) is 18.7. The van der Waals surface area contributed by atoms with E-state index in [0.29, 0.717) is 19.4 Å². The molecule has 0 bridgehead atoms. The standard InChI is InChI=1S/C23H35N5O3/c1-14-6-4-7-17-16(14)9-10-18(17)26-22(30)20-8-5-13-28(20)23(31)19(11-12-24)27-21(29)15(2)25-3/h4,6-7,15,18-20,25H,5,8-13,24H2,1-3H3,(H,26,30)(H,27,29)/t15-,18?,19-,20-/m1/s1. The summed E-state index contributed by atoms with van der Waals surface area (Å²) < 4.78 is 0. The second kappa shape index (κ2) is 10.2. The van der Waals surface area contributed by atoms with Gasteiger partial charge in [-0.3, -0.25) is 14.4 Å². The molecule has 1 aliphatic carbocycles. The lowest BCUT2D eigenvalue weighted by molar-refractivity contribution is -0.141. The molecule has 1 saturated heterocycles. The predicted molar refractivity (Wildman–Crippen MR) is 119 cm³/mol. The maximum Gasteiger partial charge on any atom is 0.245 e. The van der Waals surface area contributed by atoms with Gasteiger partial charge in [-0.15, -0.1) is 0 Å². The Kier molecular flexibility index (Phi) is 7.67. The summed E-state index contributed by atoms with van der Waals surface area (Å²) in [5, 5.41) is 8.83. The molecule has 1 aromatic carbocycles. The highest BCUT2D eigenvalue weighted by atomic mass is 16.2. The summed E-state index contributed by atoms with van der Waals surface area (Å²) in [6.07, 6.45) is 3.55. The van der Waals surface area contributed by atoms with Crippen LogP contribution < -0.4 is 21.7 Å². The molecule has 8 nitrogen and oxygen atoms in total. The number of carbonyl (C=O) groups excluding carboxylic acids is 3. The van der Waals surface area contributed by atoms with E-state index in [1.54, 1.807) is 18.9 Å². The van der Waals surface area contributed by atoms with E-state index in [1.165, 1.54) is 16.7 Å². The molecule has 31 heavy (non-hydrogen) atoms. The number of carbonyl (C=O) groups is 3. The van der Waals surface area contributed by atoms with Crippen LogP contribution in [0.3, 0.4) is 0 Å². The molecule has 3 amide bonds. The fourth-order valence-electron chi connectivity index (χ4n) is 4.61. The lowest BCUT2D eigenvalue weighted by Crippen LogP contribution is -2.56. The van der Waals surface area contributed by atoms with Gasteiger partial charge in [-0.1, -0.05) is 18.2 Å². The molecule has 1 heterocycles. The van der Waals surface area contributed by atoms with Crippen LogP contribution in [-0.4, -0.2) is 60.9 Å². The molecule has 1 aliphatic heterocycles. The fourth-order valence-corrected chi connectivity index (χ4v) is 4.61. The van der Waals surface area contributed by atoms with Crippen molar-refractivity contribution in [2.75, 3.05) is 20.1 Å². The molecule has 0 saturated carbocycles. The van der Waals surface area contributed by atoms with Crippen molar-refractivity contribution in [3.8, 4) is 0 Å². The molecular weight excluding hydrogens is 394 g/mol. The molecule has 3 rings (SSSR count). The van der Waals surface area contributed by atoms with Crippen LogP contribution in [0.25, 0.3) is 0 Å². The van der Waals surface area contributed by atoms with Crippen LogP contribution in [0.1, 0.15) is 55.3 Å². The third kappa shape index (κ3) is 5.07. The Balaban J connectivity index is 1.68. The van der Waals surface area contributed by atoms with Crippen molar-refractivity contribution >= 4 is 17.7 Å². The van der Waals surface area contributed by atoms with Gasteiger partial charge >= 0.3 is 0 Å². The summed E-state index contributed by atoms with van der Waals surface area (Å²) >= 11 is 0. The first kappa shape index (κ1) is 23.2. The lowest BCUT2D eigenvalue weighted by atomic mass is 10.0. The number of likely N-dealkylation sites (N-methyl/N-ethyl adjacent to an activating group) is 1. The lowest BCUT2D eigenvalue weighted by Gasteiger charge is -2.30. The average Bonchev–Trinajstić information content (AvgIpc) is 3.40. The molecule has 0 spiro atoms. The Labute approximate surface area is 184 Å². The number of likely N-dealkylation sites (tertiary alicyclic amines) is 1. The van der Waals surface area contributed by atoms with E-state index in [0.717, 1.165) is 19.3 Å². The minimum absolute atomic E-state index is 0.0176. The van der Waals surface area contributed by atoms with Gasteiger partial charge in [0.25, 0.3) is 0 Å². The normalized spacial score (nSPS) is 22.0. The second-order valence-corrected chi connectivity index (χ2v) is 8.58. The molecule has 1 fully saturated rings. The predicted octanol–water partition coefficient (Wildman–Crippen LogP) is 0.531. The van der Waals surface area contributed by atoms with Crippen molar-refractivity contribution in [2.24, 2.45) is 5.73 Å². The highest BCUT2D eigenvalue weighted by molar-refractivity contribution is 5.93. The maximum absolute atomic E-state index is 13.2.